The van der Waals surface area contributed by atoms with E-state index in [0.29, 0.717) is 39.3 Å². The molecule has 2 heterocycles. The summed E-state index contributed by atoms with van der Waals surface area (Å²) in [6.45, 7) is 0.246. The maximum atomic E-state index is 13.6. The Hall–Kier alpha value is -4.03. The van der Waals surface area contributed by atoms with Crippen LogP contribution in [0.15, 0.2) is 104 Å². The van der Waals surface area contributed by atoms with Crippen LogP contribution in [0.1, 0.15) is 11.1 Å². The third kappa shape index (κ3) is 5.62. The summed E-state index contributed by atoms with van der Waals surface area (Å²) in [5, 5.41) is 5.85. The van der Waals surface area contributed by atoms with Crippen LogP contribution in [-0.4, -0.2) is 23.0 Å². The van der Waals surface area contributed by atoms with Crippen LogP contribution in [0.4, 0.5) is 4.39 Å². The minimum atomic E-state index is -0.329. The van der Waals surface area contributed by atoms with E-state index in [9.17, 15) is 9.18 Å². The first kappa shape index (κ1) is 27.2. The lowest BCUT2D eigenvalue weighted by Crippen LogP contribution is -2.20. The first-order chi connectivity index (χ1) is 19.9. The smallest absolute Gasteiger partial charge is 0.282 e. The fourth-order valence-electron chi connectivity index (χ4n) is 4.33. The van der Waals surface area contributed by atoms with Crippen molar-refractivity contribution >= 4 is 66.6 Å². The van der Waals surface area contributed by atoms with E-state index >= 15 is 0 Å². The Labute approximate surface area is 255 Å². The second-order valence-corrected chi connectivity index (χ2v) is 11.1. The van der Waals surface area contributed by atoms with E-state index in [0.717, 1.165) is 19.0 Å². The zero-order valence-electron chi connectivity index (χ0n) is 21.5. The van der Waals surface area contributed by atoms with Gasteiger partial charge in [0.25, 0.3) is 5.56 Å². The molecule has 6 rings (SSSR count). The Kier molecular flexibility index (Phi) is 7.59. The Morgan fingerprint density at radius 1 is 1.07 bits per heavy atom. The molecule has 204 valence electrons. The zero-order chi connectivity index (χ0) is 28.5. The molecule has 10 heteroatoms. The maximum absolute atomic E-state index is 13.6. The van der Waals surface area contributed by atoms with Gasteiger partial charge in [-0.2, -0.15) is 9.78 Å². The molecule has 0 spiro atoms. The lowest BCUT2D eigenvalue weighted by atomic mass is 10.2. The summed E-state index contributed by atoms with van der Waals surface area (Å²) in [5.74, 6) is 1.43. The molecule has 0 aliphatic rings. The number of fused-ring (bicyclic) bond motifs is 2. The van der Waals surface area contributed by atoms with Gasteiger partial charge in [-0.3, -0.25) is 4.79 Å². The number of methoxy groups -OCH3 is 1. The lowest BCUT2D eigenvalue weighted by Gasteiger charge is -2.14. The monoisotopic (exact) mass is 723 g/mol. The summed E-state index contributed by atoms with van der Waals surface area (Å²) >= 11 is 5.64. The number of rotatable bonds is 7. The number of hydrogen-bond donors (Lipinski definition) is 0. The van der Waals surface area contributed by atoms with Gasteiger partial charge in [0.2, 0.25) is 5.82 Å². The van der Waals surface area contributed by atoms with Crippen LogP contribution in [0.5, 0.6) is 11.5 Å². The molecular weight excluding hydrogens is 704 g/mol. The van der Waals surface area contributed by atoms with E-state index in [1.165, 1.54) is 16.8 Å². The van der Waals surface area contributed by atoms with Crippen molar-refractivity contribution in [3.8, 4) is 23.1 Å². The highest BCUT2D eigenvalue weighted by Gasteiger charge is 2.17. The van der Waals surface area contributed by atoms with Crippen molar-refractivity contribution in [2.24, 2.45) is 5.10 Å². The standard InChI is InChI=1S/C31H20BrFIN3O4/c1-39-27-13-19(12-24(34)29(27)40-17-18-6-9-22(33)10-7-18)16-35-37-30(36-25-5-3-2-4-23(25)31(37)38)28-15-20-14-21(32)8-11-26(20)41-28/h2-16H,17H2,1H3. The van der Waals surface area contributed by atoms with Gasteiger partial charge in [0.05, 0.1) is 27.8 Å². The van der Waals surface area contributed by atoms with Crippen molar-refractivity contribution in [2.45, 2.75) is 6.61 Å². The number of aromatic nitrogens is 2. The fourth-order valence-corrected chi connectivity index (χ4v) is 5.49. The molecule has 0 aliphatic heterocycles. The number of furan rings is 1. The van der Waals surface area contributed by atoms with Crippen molar-refractivity contribution in [3.05, 3.63) is 120 Å². The van der Waals surface area contributed by atoms with Crippen molar-refractivity contribution in [1.82, 2.24) is 9.66 Å². The highest BCUT2D eigenvalue weighted by atomic mass is 127. The van der Waals surface area contributed by atoms with Gasteiger partial charge < -0.3 is 13.9 Å². The Morgan fingerprint density at radius 2 is 1.88 bits per heavy atom. The van der Waals surface area contributed by atoms with Crippen LogP contribution in [0.3, 0.4) is 0 Å². The van der Waals surface area contributed by atoms with Gasteiger partial charge in [0.1, 0.15) is 18.0 Å². The van der Waals surface area contributed by atoms with Crippen LogP contribution in [0, 0.1) is 9.39 Å². The number of nitrogens with zero attached hydrogens (tertiary/aromatic N) is 3. The summed E-state index contributed by atoms with van der Waals surface area (Å²) in [5.41, 5.74) is 2.38. The highest BCUT2D eigenvalue weighted by Crippen LogP contribution is 2.34. The maximum Gasteiger partial charge on any atom is 0.282 e. The summed E-state index contributed by atoms with van der Waals surface area (Å²) in [6, 6.07) is 24.4. The minimum Gasteiger partial charge on any atom is -0.493 e. The third-order valence-electron chi connectivity index (χ3n) is 6.32. The summed E-state index contributed by atoms with van der Waals surface area (Å²) in [7, 11) is 1.55. The molecule has 2 aromatic heterocycles. The topological polar surface area (TPSA) is 78.9 Å². The van der Waals surface area contributed by atoms with Crippen molar-refractivity contribution in [2.75, 3.05) is 7.11 Å². The predicted molar refractivity (Wildman–Crippen MR) is 168 cm³/mol. The van der Waals surface area contributed by atoms with Gasteiger partial charge >= 0.3 is 0 Å². The molecule has 0 N–H and O–H groups in total. The molecule has 0 aliphatic carbocycles. The molecule has 0 bridgehead atoms. The second-order valence-electron chi connectivity index (χ2n) is 9.06. The Bertz CT molecular complexity index is 2000. The Balaban J connectivity index is 1.39. The number of para-hydroxylation sites is 1. The number of benzene rings is 4. The first-order valence-corrected chi connectivity index (χ1v) is 14.3. The van der Waals surface area contributed by atoms with E-state index in [1.807, 2.05) is 36.4 Å². The summed E-state index contributed by atoms with van der Waals surface area (Å²) in [4.78, 5) is 18.3. The lowest BCUT2D eigenvalue weighted by molar-refractivity contribution is 0.282. The van der Waals surface area contributed by atoms with Gasteiger partial charge in [-0.25, -0.2) is 9.37 Å². The van der Waals surface area contributed by atoms with Crippen molar-refractivity contribution < 1.29 is 18.3 Å². The molecule has 0 fully saturated rings. The molecule has 0 radical (unpaired) electrons. The SMILES string of the molecule is COc1cc(C=Nn2c(-c3cc4cc(Br)ccc4o3)nc3ccccc3c2=O)cc(I)c1OCc1ccc(F)cc1. The molecule has 4 aromatic carbocycles. The minimum absolute atomic E-state index is 0.246. The third-order valence-corrected chi connectivity index (χ3v) is 7.62. The number of halogens is 3. The van der Waals surface area contributed by atoms with Crippen LogP contribution < -0.4 is 15.0 Å². The van der Waals surface area contributed by atoms with E-state index in [1.54, 1.807) is 49.7 Å². The molecular formula is C31H20BrFIN3O4. The zero-order valence-corrected chi connectivity index (χ0v) is 25.2. The molecule has 41 heavy (non-hydrogen) atoms. The van der Waals surface area contributed by atoms with Gasteiger partial charge in [-0.05, 0) is 94.4 Å². The van der Waals surface area contributed by atoms with E-state index < -0.39 is 0 Å². The predicted octanol–water partition coefficient (Wildman–Crippen LogP) is 7.79. The van der Waals surface area contributed by atoms with E-state index in [2.05, 4.69) is 43.6 Å². The molecule has 0 amide bonds. The Morgan fingerprint density at radius 3 is 2.68 bits per heavy atom. The second kappa shape index (κ2) is 11.5. The van der Waals surface area contributed by atoms with Crippen LogP contribution >= 0.6 is 38.5 Å². The molecule has 0 saturated carbocycles. The van der Waals surface area contributed by atoms with E-state index in [-0.39, 0.29) is 23.8 Å². The van der Waals surface area contributed by atoms with Gasteiger partial charge in [-0.15, -0.1) is 0 Å². The molecule has 7 nitrogen and oxygen atoms in total. The van der Waals surface area contributed by atoms with Crippen molar-refractivity contribution in [3.63, 3.8) is 0 Å². The molecule has 0 atom stereocenters. The van der Waals surface area contributed by atoms with Crippen LogP contribution in [-0.2, 0) is 6.61 Å². The van der Waals surface area contributed by atoms with Gasteiger partial charge in [-0.1, -0.05) is 40.2 Å². The molecule has 6 aromatic rings. The largest absolute Gasteiger partial charge is 0.493 e. The quantitative estimate of drug-likeness (QED) is 0.124. The van der Waals surface area contributed by atoms with Gasteiger partial charge in [0, 0.05) is 9.86 Å². The average Bonchev–Trinajstić information content (AvgIpc) is 3.39. The van der Waals surface area contributed by atoms with Gasteiger partial charge in [0.15, 0.2) is 17.3 Å². The number of hydrogen-bond acceptors (Lipinski definition) is 6. The molecule has 0 unspecified atom stereocenters. The van der Waals surface area contributed by atoms with Crippen molar-refractivity contribution in [1.29, 1.82) is 0 Å². The number of ether oxygens (including phenoxy) is 2. The van der Waals surface area contributed by atoms with Crippen LogP contribution in [0.25, 0.3) is 33.5 Å². The van der Waals surface area contributed by atoms with E-state index in [4.69, 9.17) is 18.9 Å². The first-order valence-electron chi connectivity index (χ1n) is 12.4. The highest BCUT2D eigenvalue weighted by molar-refractivity contribution is 14.1. The van der Waals surface area contributed by atoms with Crippen LogP contribution in [0.2, 0.25) is 0 Å². The molecule has 0 saturated heterocycles. The fraction of sp³-hybridized carbons (Fsp3) is 0.0645. The average molecular weight is 724 g/mol. The summed E-state index contributed by atoms with van der Waals surface area (Å²) in [6.07, 6.45) is 1.56. The summed E-state index contributed by atoms with van der Waals surface area (Å²) < 4.78 is 33.8. The normalized spacial score (nSPS) is 11.5.